The predicted molar refractivity (Wildman–Crippen MR) is 121 cm³/mol. The number of esters is 1. The number of anilines is 1. The first kappa shape index (κ1) is 22.9. The molecule has 1 aliphatic heterocycles. The zero-order valence-corrected chi connectivity index (χ0v) is 18.7. The molecule has 2 heterocycles. The molecular formula is C25H23N3O6. The molecule has 1 atom stereocenters. The number of amides is 3. The van der Waals surface area contributed by atoms with E-state index >= 15 is 0 Å². The molecule has 3 amide bonds. The number of ether oxygens (including phenoxy) is 1. The summed E-state index contributed by atoms with van der Waals surface area (Å²) in [5.41, 5.74) is 1.85. The van der Waals surface area contributed by atoms with E-state index < -0.39 is 36.3 Å². The van der Waals surface area contributed by atoms with Crippen molar-refractivity contribution in [2.45, 2.75) is 32.2 Å². The molecule has 4 rings (SSSR count). The van der Waals surface area contributed by atoms with Crippen molar-refractivity contribution in [2.24, 2.45) is 0 Å². The Morgan fingerprint density at radius 1 is 1.00 bits per heavy atom. The molecule has 9 nitrogen and oxygen atoms in total. The molecule has 0 fully saturated rings. The molecule has 0 spiro atoms. The summed E-state index contributed by atoms with van der Waals surface area (Å²) in [6.07, 6.45) is 0.0482. The second-order valence-electron chi connectivity index (χ2n) is 8.16. The van der Waals surface area contributed by atoms with Crippen LogP contribution in [0.2, 0.25) is 0 Å². The topological polar surface area (TPSA) is 119 Å². The number of nitrogens with zero attached hydrogens (tertiary/aromatic N) is 2. The molecule has 2 aromatic carbocycles. The maximum atomic E-state index is 13.0. The number of hydrogen-bond donors (Lipinski definition) is 1. The van der Waals surface area contributed by atoms with Gasteiger partial charge in [0.15, 0.2) is 6.61 Å². The number of fused-ring (bicyclic) bond motifs is 1. The van der Waals surface area contributed by atoms with Crippen LogP contribution in [0.5, 0.6) is 0 Å². The van der Waals surface area contributed by atoms with Crippen molar-refractivity contribution >= 4 is 29.6 Å². The summed E-state index contributed by atoms with van der Waals surface area (Å²) in [6.45, 7) is 3.24. The van der Waals surface area contributed by atoms with Gasteiger partial charge in [-0.25, -0.2) is 4.79 Å². The van der Waals surface area contributed by atoms with Crippen LogP contribution in [0.1, 0.15) is 51.7 Å². The van der Waals surface area contributed by atoms with Gasteiger partial charge in [-0.15, -0.1) is 0 Å². The number of hydrogen-bond acceptors (Lipinski definition) is 7. The molecule has 0 unspecified atom stereocenters. The molecule has 1 aromatic heterocycles. The average molecular weight is 461 g/mol. The van der Waals surface area contributed by atoms with Crippen LogP contribution >= 0.6 is 0 Å². The van der Waals surface area contributed by atoms with Gasteiger partial charge in [0, 0.05) is 12.5 Å². The standard InChI is InChI=1S/C25H23N3O6/c1-15(2)19-13-22(34-27-19)26-21(29)14-33-25(32)20(12-16-8-4-3-5-9-16)28-23(30)17-10-6-7-11-18(17)24(28)31/h3-11,13,15,20H,12,14H2,1-2H3,(H,26,29)/t20-/m0/s1. The first-order chi connectivity index (χ1) is 16.3. The highest BCUT2D eigenvalue weighted by molar-refractivity contribution is 6.22. The number of rotatable bonds is 8. The van der Waals surface area contributed by atoms with Crippen molar-refractivity contribution in [3.63, 3.8) is 0 Å². The quantitative estimate of drug-likeness (QED) is 0.404. The summed E-state index contributed by atoms with van der Waals surface area (Å²) in [6, 6.07) is 15.7. The molecule has 0 bridgehead atoms. The summed E-state index contributed by atoms with van der Waals surface area (Å²) in [5.74, 6) is -2.41. The van der Waals surface area contributed by atoms with E-state index in [1.54, 1.807) is 42.5 Å². The van der Waals surface area contributed by atoms with E-state index in [9.17, 15) is 19.2 Å². The van der Waals surface area contributed by atoms with Crippen molar-refractivity contribution in [3.05, 3.63) is 83.0 Å². The number of carbonyl (C=O) groups is 4. The second kappa shape index (κ2) is 9.70. The number of carbonyl (C=O) groups excluding carboxylic acids is 4. The maximum absolute atomic E-state index is 13.0. The Labute approximate surface area is 195 Å². The van der Waals surface area contributed by atoms with Gasteiger partial charge in [0.25, 0.3) is 17.7 Å². The normalized spacial score (nSPS) is 13.7. The van der Waals surface area contributed by atoms with Crippen LogP contribution in [-0.4, -0.2) is 46.4 Å². The van der Waals surface area contributed by atoms with Crippen LogP contribution in [0, 0.1) is 0 Å². The zero-order chi connectivity index (χ0) is 24.2. The van der Waals surface area contributed by atoms with Crippen LogP contribution in [0.4, 0.5) is 5.88 Å². The lowest BCUT2D eigenvalue weighted by molar-refractivity contribution is -0.151. The van der Waals surface area contributed by atoms with Crippen molar-refractivity contribution in [3.8, 4) is 0 Å². The molecule has 9 heteroatoms. The van der Waals surface area contributed by atoms with Crippen molar-refractivity contribution < 1.29 is 28.4 Å². The third-order valence-electron chi connectivity index (χ3n) is 5.41. The summed E-state index contributed by atoms with van der Waals surface area (Å²) >= 11 is 0. The third kappa shape index (κ3) is 4.73. The number of aromatic nitrogens is 1. The summed E-state index contributed by atoms with van der Waals surface area (Å²) in [5, 5.41) is 6.32. The minimum Gasteiger partial charge on any atom is -0.454 e. The Kier molecular flexibility index (Phi) is 6.53. The second-order valence-corrected chi connectivity index (χ2v) is 8.16. The number of nitrogens with one attached hydrogen (secondary N) is 1. The van der Waals surface area contributed by atoms with Crippen LogP contribution in [0.25, 0.3) is 0 Å². The monoisotopic (exact) mass is 461 g/mol. The highest BCUT2D eigenvalue weighted by atomic mass is 16.5. The molecule has 1 aliphatic rings. The van der Waals surface area contributed by atoms with E-state index in [1.807, 2.05) is 19.9 Å². The predicted octanol–water partition coefficient (Wildman–Crippen LogP) is 3.19. The molecular weight excluding hydrogens is 438 g/mol. The number of imide groups is 1. The highest BCUT2D eigenvalue weighted by Crippen LogP contribution is 2.26. The van der Waals surface area contributed by atoms with E-state index in [0.717, 1.165) is 10.5 Å². The lowest BCUT2D eigenvalue weighted by Gasteiger charge is -2.24. The largest absolute Gasteiger partial charge is 0.454 e. The van der Waals surface area contributed by atoms with E-state index in [0.29, 0.717) is 5.69 Å². The Bertz CT molecular complexity index is 1200. The smallest absolute Gasteiger partial charge is 0.330 e. The zero-order valence-electron chi connectivity index (χ0n) is 18.7. The van der Waals surface area contributed by atoms with Crippen LogP contribution in [0.15, 0.2) is 65.2 Å². The molecule has 0 aliphatic carbocycles. The van der Waals surface area contributed by atoms with Gasteiger partial charge in [-0.1, -0.05) is 61.5 Å². The average Bonchev–Trinajstić information content (AvgIpc) is 3.40. The highest BCUT2D eigenvalue weighted by Gasteiger charge is 2.43. The van der Waals surface area contributed by atoms with Gasteiger partial charge in [-0.3, -0.25) is 24.6 Å². The van der Waals surface area contributed by atoms with Gasteiger partial charge >= 0.3 is 5.97 Å². The summed E-state index contributed by atoms with van der Waals surface area (Å²) < 4.78 is 10.3. The maximum Gasteiger partial charge on any atom is 0.330 e. The fraction of sp³-hybridized carbons (Fsp3) is 0.240. The molecule has 1 N–H and O–H groups in total. The van der Waals surface area contributed by atoms with Crippen LogP contribution < -0.4 is 5.32 Å². The van der Waals surface area contributed by atoms with Gasteiger partial charge in [0.1, 0.15) is 6.04 Å². The van der Waals surface area contributed by atoms with Crippen LogP contribution in [-0.2, 0) is 20.7 Å². The third-order valence-corrected chi connectivity index (χ3v) is 5.41. The van der Waals surface area contributed by atoms with Crippen LogP contribution in [0.3, 0.4) is 0 Å². The molecule has 0 radical (unpaired) electrons. The van der Waals surface area contributed by atoms with Gasteiger partial charge in [-0.2, -0.15) is 0 Å². The van der Waals surface area contributed by atoms with Gasteiger partial charge < -0.3 is 9.26 Å². The molecule has 3 aromatic rings. The van der Waals surface area contributed by atoms with E-state index in [4.69, 9.17) is 9.26 Å². The lowest BCUT2D eigenvalue weighted by atomic mass is 10.0. The first-order valence-electron chi connectivity index (χ1n) is 10.8. The first-order valence-corrected chi connectivity index (χ1v) is 10.8. The molecule has 34 heavy (non-hydrogen) atoms. The van der Waals surface area contributed by atoms with E-state index in [2.05, 4.69) is 10.5 Å². The Morgan fingerprint density at radius 3 is 2.21 bits per heavy atom. The fourth-order valence-electron chi connectivity index (χ4n) is 3.63. The van der Waals surface area contributed by atoms with Crippen molar-refractivity contribution in [1.29, 1.82) is 0 Å². The fourth-order valence-corrected chi connectivity index (χ4v) is 3.63. The molecule has 0 saturated carbocycles. The van der Waals surface area contributed by atoms with Gasteiger partial charge in [0.2, 0.25) is 5.88 Å². The molecule has 0 saturated heterocycles. The van der Waals surface area contributed by atoms with Crippen molar-refractivity contribution in [2.75, 3.05) is 11.9 Å². The lowest BCUT2D eigenvalue weighted by Crippen LogP contribution is -2.47. The molecule has 174 valence electrons. The minimum absolute atomic E-state index is 0.0482. The van der Waals surface area contributed by atoms with Gasteiger partial charge in [-0.05, 0) is 23.6 Å². The van der Waals surface area contributed by atoms with Gasteiger partial charge in [0.05, 0.1) is 16.8 Å². The minimum atomic E-state index is -1.24. The number of benzene rings is 2. The Hall–Kier alpha value is -4.27. The van der Waals surface area contributed by atoms with E-state index in [1.165, 1.54) is 12.1 Å². The Morgan fingerprint density at radius 2 is 1.62 bits per heavy atom. The Balaban J connectivity index is 1.49. The van der Waals surface area contributed by atoms with E-state index in [-0.39, 0.29) is 29.3 Å². The SMILES string of the molecule is CC(C)c1cc(NC(=O)COC(=O)[C@H](Cc2ccccc2)N2C(=O)c3ccccc3C2=O)on1. The van der Waals surface area contributed by atoms with Crippen molar-refractivity contribution in [1.82, 2.24) is 10.1 Å². The summed E-state index contributed by atoms with van der Waals surface area (Å²) in [7, 11) is 0. The summed E-state index contributed by atoms with van der Waals surface area (Å²) in [4.78, 5) is 52.2.